The molecule has 1 fully saturated rings. The summed E-state index contributed by atoms with van der Waals surface area (Å²) in [5.74, 6) is 0.231. The van der Waals surface area contributed by atoms with E-state index < -0.39 is 11.2 Å². The van der Waals surface area contributed by atoms with Crippen molar-refractivity contribution < 1.29 is 19.1 Å². The fraction of sp³-hybridized carbons (Fsp3) is 0.400. The maximum atomic E-state index is 10.8. The number of nitrogens with zero attached hydrogens (tertiary/aromatic N) is 1. The van der Waals surface area contributed by atoms with Crippen LogP contribution in [0.4, 0.5) is 5.69 Å². The lowest BCUT2D eigenvalue weighted by atomic mass is 10.2. The number of hydrogen-bond acceptors (Lipinski definition) is 5. The van der Waals surface area contributed by atoms with Gasteiger partial charge in [-0.3, -0.25) is 10.1 Å². The number of benzene rings is 1. The molecule has 7 heteroatoms. The molecule has 0 atom stereocenters. The van der Waals surface area contributed by atoms with Gasteiger partial charge in [0.2, 0.25) is 0 Å². The molecule has 0 radical (unpaired) electrons. The molecule has 0 bridgehead atoms. The van der Waals surface area contributed by atoms with Crippen molar-refractivity contribution >= 4 is 17.3 Å². The molecule has 1 aliphatic heterocycles. The molecule has 6 nitrogen and oxygen atoms in total. The zero-order chi connectivity index (χ0) is 12.4. The second-order valence-corrected chi connectivity index (χ2v) is 3.76. The van der Waals surface area contributed by atoms with Crippen molar-refractivity contribution in [2.45, 2.75) is 6.29 Å². The zero-order valence-electron chi connectivity index (χ0n) is 9.01. The van der Waals surface area contributed by atoms with Gasteiger partial charge in [-0.05, 0) is 6.07 Å². The Kier molecular flexibility index (Phi) is 3.46. The molecule has 1 saturated heterocycles. The Bertz CT molecular complexity index is 445. The maximum Gasteiger partial charge on any atom is 0.292 e. The highest BCUT2D eigenvalue weighted by Crippen LogP contribution is 2.38. The van der Waals surface area contributed by atoms with Crippen LogP contribution in [-0.4, -0.2) is 25.2 Å². The van der Waals surface area contributed by atoms with Gasteiger partial charge >= 0.3 is 0 Å². The number of rotatable bonds is 3. The maximum absolute atomic E-state index is 10.8. The van der Waals surface area contributed by atoms with Crippen LogP contribution in [0.25, 0.3) is 0 Å². The van der Waals surface area contributed by atoms with E-state index in [0.29, 0.717) is 18.8 Å². The normalized spacial score (nSPS) is 16.1. The van der Waals surface area contributed by atoms with Gasteiger partial charge in [-0.1, -0.05) is 11.6 Å². The number of ether oxygens (including phenoxy) is 3. The molecule has 0 saturated carbocycles. The molecule has 0 unspecified atom stereocenters. The highest BCUT2D eigenvalue weighted by Gasteiger charge is 2.25. The number of nitro groups is 1. The van der Waals surface area contributed by atoms with Crippen LogP contribution in [0.15, 0.2) is 12.1 Å². The predicted molar refractivity (Wildman–Crippen MR) is 59.3 cm³/mol. The summed E-state index contributed by atoms with van der Waals surface area (Å²) in [6, 6.07) is 2.91. The molecular weight excluding hydrogens is 250 g/mol. The van der Waals surface area contributed by atoms with Gasteiger partial charge in [0, 0.05) is 11.6 Å². The summed E-state index contributed by atoms with van der Waals surface area (Å²) >= 11 is 5.83. The molecule has 1 aromatic carbocycles. The van der Waals surface area contributed by atoms with E-state index in [1.54, 1.807) is 6.07 Å². The van der Waals surface area contributed by atoms with Crippen molar-refractivity contribution in [2.24, 2.45) is 0 Å². The molecule has 1 aliphatic rings. The van der Waals surface area contributed by atoms with Gasteiger partial charge in [-0.25, -0.2) is 0 Å². The van der Waals surface area contributed by atoms with Crippen LogP contribution in [0.3, 0.4) is 0 Å². The van der Waals surface area contributed by atoms with Gasteiger partial charge in [0.25, 0.3) is 5.69 Å². The highest BCUT2D eigenvalue weighted by atomic mass is 35.5. The number of methoxy groups -OCH3 is 1. The summed E-state index contributed by atoms with van der Waals surface area (Å²) in [6.07, 6.45) is -0.597. The van der Waals surface area contributed by atoms with Crippen LogP contribution >= 0.6 is 11.6 Å². The van der Waals surface area contributed by atoms with Gasteiger partial charge in [0.15, 0.2) is 11.3 Å². The summed E-state index contributed by atoms with van der Waals surface area (Å²) in [4.78, 5) is 10.3. The van der Waals surface area contributed by atoms with Crippen LogP contribution in [0.1, 0.15) is 11.9 Å². The molecule has 2 rings (SSSR count). The van der Waals surface area contributed by atoms with Gasteiger partial charge in [0.05, 0.1) is 25.2 Å². The second kappa shape index (κ2) is 4.87. The third-order valence-corrected chi connectivity index (χ3v) is 2.73. The van der Waals surface area contributed by atoms with Crippen molar-refractivity contribution in [1.82, 2.24) is 0 Å². The largest absolute Gasteiger partial charge is 0.495 e. The lowest BCUT2D eigenvalue weighted by Gasteiger charge is -2.11. The van der Waals surface area contributed by atoms with Gasteiger partial charge in [-0.2, -0.15) is 0 Å². The summed E-state index contributed by atoms with van der Waals surface area (Å²) in [6.45, 7) is 0.923. The van der Waals surface area contributed by atoms with Gasteiger partial charge in [0.1, 0.15) is 5.75 Å². The Morgan fingerprint density at radius 1 is 1.47 bits per heavy atom. The minimum atomic E-state index is -0.597. The Morgan fingerprint density at radius 3 is 2.65 bits per heavy atom. The molecule has 0 amide bonds. The fourth-order valence-corrected chi connectivity index (χ4v) is 1.83. The summed E-state index contributed by atoms with van der Waals surface area (Å²) in [7, 11) is 1.39. The SMILES string of the molecule is COc1cc(C2OCCO2)cc([N+](=O)[O-])c1Cl. The summed E-state index contributed by atoms with van der Waals surface area (Å²) in [5, 5.41) is 10.8. The Morgan fingerprint density at radius 2 is 2.12 bits per heavy atom. The van der Waals surface area contributed by atoms with Crippen molar-refractivity contribution in [3.05, 3.63) is 32.8 Å². The molecular formula is C10H10ClNO5. The highest BCUT2D eigenvalue weighted by molar-refractivity contribution is 6.34. The molecule has 92 valence electrons. The van der Waals surface area contributed by atoms with Crippen molar-refractivity contribution in [1.29, 1.82) is 0 Å². The Balaban J connectivity index is 2.46. The van der Waals surface area contributed by atoms with Gasteiger partial charge in [-0.15, -0.1) is 0 Å². The number of hydrogen-bond donors (Lipinski definition) is 0. The van der Waals surface area contributed by atoms with E-state index in [-0.39, 0.29) is 16.5 Å². The average Bonchev–Trinajstić information content (AvgIpc) is 2.82. The zero-order valence-corrected chi connectivity index (χ0v) is 9.77. The topological polar surface area (TPSA) is 70.8 Å². The van der Waals surface area contributed by atoms with E-state index in [9.17, 15) is 10.1 Å². The first kappa shape index (κ1) is 12.1. The van der Waals surface area contributed by atoms with E-state index in [2.05, 4.69) is 0 Å². The fourth-order valence-electron chi connectivity index (χ4n) is 1.57. The molecule has 1 aromatic rings. The predicted octanol–water partition coefficient (Wildman–Crippen LogP) is 2.30. The van der Waals surface area contributed by atoms with Crippen LogP contribution in [-0.2, 0) is 9.47 Å². The van der Waals surface area contributed by atoms with Crippen LogP contribution in [0.2, 0.25) is 5.02 Å². The molecule has 0 aromatic heterocycles. The second-order valence-electron chi connectivity index (χ2n) is 3.39. The molecule has 0 N–H and O–H groups in total. The standard InChI is InChI=1S/C10H10ClNO5/c1-15-8-5-6(10-16-2-3-17-10)4-7(9(8)11)12(13)14/h4-5,10H,2-3H2,1H3. The van der Waals surface area contributed by atoms with E-state index in [4.69, 9.17) is 25.8 Å². The lowest BCUT2D eigenvalue weighted by Crippen LogP contribution is -2.01. The first-order valence-electron chi connectivity index (χ1n) is 4.88. The van der Waals surface area contributed by atoms with Gasteiger partial charge < -0.3 is 14.2 Å². The van der Waals surface area contributed by atoms with Crippen LogP contribution in [0, 0.1) is 10.1 Å². The van der Waals surface area contributed by atoms with E-state index in [1.165, 1.54) is 13.2 Å². The number of nitro benzene ring substituents is 1. The first-order chi connectivity index (χ1) is 8.13. The first-order valence-corrected chi connectivity index (χ1v) is 5.26. The average molecular weight is 260 g/mol. The van der Waals surface area contributed by atoms with Crippen molar-refractivity contribution in [3.63, 3.8) is 0 Å². The number of halogens is 1. The quantitative estimate of drug-likeness (QED) is 0.615. The van der Waals surface area contributed by atoms with E-state index >= 15 is 0 Å². The monoisotopic (exact) mass is 259 g/mol. The molecule has 0 spiro atoms. The van der Waals surface area contributed by atoms with E-state index in [0.717, 1.165) is 0 Å². The molecule has 0 aliphatic carbocycles. The summed E-state index contributed by atoms with van der Waals surface area (Å²) in [5.41, 5.74) is 0.301. The lowest BCUT2D eigenvalue weighted by molar-refractivity contribution is -0.384. The van der Waals surface area contributed by atoms with E-state index in [1.807, 2.05) is 0 Å². The minimum absolute atomic E-state index is 0.0285. The summed E-state index contributed by atoms with van der Waals surface area (Å²) < 4.78 is 15.5. The van der Waals surface area contributed by atoms with Crippen LogP contribution in [0.5, 0.6) is 5.75 Å². The van der Waals surface area contributed by atoms with Crippen LogP contribution < -0.4 is 4.74 Å². The Hall–Kier alpha value is -1.37. The molecule has 1 heterocycles. The minimum Gasteiger partial charge on any atom is -0.495 e. The molecule has 17 heavy (non-hydrogen) atoms. The van der Waals surface area contributed by atoms with Crippen molar-refractivity contribution in [3.8, 4) is 5.75 Å². The Labute approximate surface area is 102 Å². The third kappa shape index (κ3) is 2.33. The smallest absolute Gasteiger partial charge is 0.292 e. The van der Waals surface area contributed by atoms with Crippen molar-refractivity contribution in [2.75, 3.05) is 20.3 Å². The third-order valence-electron chi connectivity index (χ3n) is 2.35.